The number of likely N-dealkylation sites (tertiary alicyclic amines) is 1. The van der Waals surface area contributed by atoms with E-state index in [0.29, 0.717) is 45.9 Å². The molecule has 2 N–H and O–H groups in total. The van der Waals surface area contributed by atoms with Crippen molar-refractivity contribution in [2.75, 3.05) is 30.8 Å². The normalized spacial score (nSPS) is 13.8. The zero-order valence-electron chi connectivity index (χ0n) is 22.2. The second-order valence-corrected chi connectivity index (χ2v) is 9.96. The number of nitrogens with zero attached hydrogens (tertiary/aromatic N) is 4. The molecule has 4 aromatic rings. The molecule has 1 aliphatic heterocycles. The van der Waals surface area contributed by atoms with Crippen molar-refractivity contribution >= 4 is 45.6 Å². The summed E-state index contributed by atoms with van der Waals surface area (Å²) in [7, 11) is 2.13. The van der Waals surface area contributed by atoms with Crippen LogP contribution in [-0.2, 0) is 11.4 Å². The average Bonchev–Trinajstić information content (AvgIpc) is 2.97. The van der Waals surface area contributed by atoms with Gasteiger partial charge in [0.1, 0.15) is 24.5 Å². The van der Waals surface area contributed by atoms with Gasteiger partial charge in [-0.15, -0.1) is 0 Å². The number of hydrogen-bond donors (Lipinski definition) is 2. The Hall–Kier alpha value is -4.45. The number of pyridine rings is 1. The minimum absolute atomic E-state index is 0.312. The summed E-state index contributed by atoms with van der Waals surface area (Å²) in [5, 5.41) is 7.37. The number of piperidine rings is 1. The second-order valence-electron chi connectivity index (χ2n) is 9.56. The molecule has 1 fully saturated rings. The topological polar surface area (TPSA) is 92.3 Å². The predicted octanol–water partition coefficient (Wildman–Crippen LogP) is 5.82. The first-order chi connectivity index (χ1) is 19.5. The van der Waals surface area contributed by atoms with Gasteiger partial charge in [-0.2, -0.15) is 0 Å². The summed E-state index contributed by atoms with van der Waals surface area (Å²) < 4.78 is 5.84. The van der Waals surface area contributed by atoms with Crippen LogP contribution in [0.1, 0.15) is 24.1 Å². The summed E-state index contributed by atoms with van der Waals surface area (Å²) in [6.07, 6.45) is 6.50. The first-order valence-electron chi connectivity index (χ1n) is 13.0. The molecule has 0 bridgehead atoms. The van der Waals surface area contributed by atoms with E-state index >= 15 is 0 Å². The highest BCUT2D eigenvalue weighted by molar-refractivity contribution is 6.32. The Bertz CT molecular complexity index is 1590. The predicted molar refractivity (Wildman–Crippen MR) is 159 cm³/mol. The minimum atomic E-state index is -0.318. The number of amides is 1. The molecule has 2 aromatic carbocycles. The third-order valence-electron chi connectivity index (χ3n) is 6.64. The number of carbonyl (C=O) groups excluding carboxylic acids is 1. The summed E-state index contributed by atoms with van der Waals surface area (Å²) in [6, 6.07) is 14.8. The van der Waals surface area contributed by atoms with E-state index in [9.17, 15) is 4.79 Å². The van der Waals surface area contributed by atoms with E-state index in [4.69, 9.17) is 16.3 Å². The zero-order valence-corrected chi connectivity index (χ0v) is 22.9. The number of anilines is 3. The van der Waals surface area contributed by atoms with Crippen LogP contribution in [0, 0.1) is 17.8 Å². The maximum absolute atomic E-state index is 12.2. The molecular weight excluding hydrogens is 524 g/mol. The van der Waals surface area contributed by atoms with Gasteiger partial charge in [-0.1, -0.05) is 36.1 Å². The Morgan fingerprint density at radius 1 is 1.18 bits per heavy atom. The number of halogens is 1. The summed E-state index contributed by atoms with van der Waals surface area (Å²) in [6.45, 7) is 5.95. The number of hydrogen-bond acceptors (Lipinski definition) is 7. The molecule has 0 atom stereocenters. The average molecular weight is 553 g/mol. The number of carbonyl (C=O) groups is 1. The molecule has 202 valence electrons. The van der Waals surface area contributed by atoms with E-state index in [-0.39, 0.29) is 5.91 Å². The first kappa shape index (κ1) is 27.1. The number of fused-ring (bicyclic) bond motifs is 1. The maximum Gasteiger partial charge on any atom is 0.247 e. The lowest BCUT2D eigenvalue weighted by atomic mass is 9.97. The van der Waals surface area contributed by atoms with Crippen molar-refractivity contribution in [2.24, 2.45) is 5.92 Å². The molecule has 8 nitrogen and oxygen atoms in total. The van der Waals surface area contributed by atoms with Gasteiger partial charge in [-0.05, 0) is 81.5 Å². The van der Waals surface area contributed by atoms with Gasteiger partial charge in [-0.3, -0.25) is 9.78 Å². The van der Waals surface area contributed by atoms with Crippen LogP contribution in [0.2, 0.25) is 5.02 Å². The number of nitrogens with one attached hydrogen (secondary N) is 2. The largest absolute Gasteiger partial charge is 0.486 e. The van der Waals surface area contributed by atoms with Crippen LogP contribution >= 0.6 is 11.6 Å². The Balaban J connectivity index is 1.40. The molecular formula is C31H29ClN6O2. The lowest BCUT2D eigenvalue weighted by molar-refractivity contribution is -0.111. The summed E-state index contributed by atoms with van der Waals surface area (Å²) in [4.78, 5) is 27.7. The van der Waals surface area contributed by atoms with E-state index < -0.39 is 0 Å². The molecule has 5 rings (SSSR count). The van der Waals surface area contributed by atoms with Crippen LogP contribution in [0.3, 0.4) is 0 Å². The molecule has 2 aromatic heterocycles. The smallest absolute Gasteiger partial charge is 0.247 e. The molecule has 0 aliphatic carbocycles. The molecule has 9 heteroatoms. The molecule has 0 spiro atoms. The number of rotatable bonds is 7. The number of ether oxygens (including phenoxy) is 1. The molecule has 0 radical (unpaired) electrons. The Morgan fingerprint density at radius 3 is 2.77 bits per heavy atom. The Kier molecular flexibility index (Phi) is 8.55. The van der Waals surface area contributed by atoms with Crippen molar-refractivity contribution in [1.82, 2.24) is 19.9 Å². The first-order valence-corrected chi connectivity index (χ1v) is 13.4. The van der Waals surface area contributed by atoms with Crippen LogP contribution in [-0.4, -0.2) is 45.9 Å². The lowest BCUT2D eigenvalue weighted by Gasteiger charge is -2.25. The standard InChI is InChI=1S/C31H29ClN6O2/c1-3-30(39)37-27-18-25-28(16-22(27)8-7-21-11-14-38(2)15-12-21)34-20-35-31(25)36-23-9-10-29(26(32)17-23)40-19-24-6-4-5-13-33-24/h3-6,9-10,13,16-18,20-21H,1,11-12,14-15,19H2,2H3,(H,37,39)(H,34,35,36). The summed E-state index contributed by atoms with van der Waals surface area (Å²) in [5.74, 6) is 7.80. The Morgan fingerprint density at radius 2 is 2.02 bits per heavy atom. The van der Waals surface area contributed by atoms with Crippen molar-refractivity contribution in [3.8, 4) is 17.6 Å². The SMILES string of the molecule is C=CC(=O)Nc1cc2c(Nc3ccc(OCc4ccccn4)c(Cl)c3)ncnc2cc1C#CC1CCN(C)CC1. The fourth-order valence-corrected chi connectivity index (χ4v) is 4.63. The van der Waals surface area contributed by atoms with Gasteiger partial charge < -0.3 is 20.3 Å². The fraction of sp³-hybridized carbons (Fsp3) is 0.226. The van der Waals surface area contributed by atoms with Gasteiger partial charge in [0.05, 0.1) is 27.5 Å². The molecule has 0 unspecified atom stereocenters. The zero-order chi connectivity index (χ0) is 27.9. The van der Waals surface area contributed by atoms with Gasteiger partial charge in [0.15, 0.2) is 0 Å². The highest BCUT2D eigenvalue weighted by atomic mass is 35.5. The molecule has 0 saturated carbocycles. The summed E-state index contributed by atoms with van der Waals surface area (Å²) >= 11 is 6.51. The minimum Gasteiger partial charge on any atom is -0.486 e. The lowest BCUT2D eigenvalue weighted by Crippen LogP contribution is -2.29. The van der Waals surface area contributed by atoms with E-state index in [1.807, 2.05) is 36.4 Å². The van der Waals surface area contributed by atoms with Crippen LogP contribution < -0.4 is 15.4 Å². The van der Waals surface area contributed by atoms with Crippen molar-refractivity contribution in [2.45, 2.75) is 19.4 Å². The van der Waals surface area contributed by atoms with E-state index in [1.54, 1.807) is 18.3 Å². The van der Waals surface area contributed by atoms with Crippen molar-refractivity contribution in [1.29, 1.82) is 0 Å². The van der Waals surface area contributed by atoms with Crippen LogP contribution in [0.25, 0.3) is 10.9 Å². The highest BCUT2D eigenvalue weighted by Crippen LogP contribution is 2.32. The van der Waals surface area contributed by atoms with E-state index in [1.165, 1.54) is 12.4 Å². The second kappa shape index (κ2) is 12.6. The molecule has 40 heavy (non-hydrogen) atoms. The molecule has 3 heterocycles. The van der Waals surface area contributed by atoms with E-state index in [2.05, 4.69) is 56.0 Å². The molecule has 1 saturated heterocycles. The molecule has 1 amide bonds. The van der Waals surface area contributed by atoms with Crippen LogP contribution in [0.4, 0.5) is 17.2 Å². The van der Waals surface area contributed by atoms with Gasteiger partial charge in [0.25, 0.3) is 0 Å². The van der Waals surface area contributed by atoms with Gasteiger partial charge in [0, 0.05) is 23.2 Å². The monoisotopic (exact) mass is 552 g/mol. The van der Waals surface area contributed by atoms with Crippen LogP contribution in [0.5, 0.6) is 5.75 Å². The van der Waals surface area contributed by atoms with Gasteiger partial charge in [-0.25, -0.2) is 9.97 Å². The van der Waals surface area contributed by atoms with Crippen molar-refractivity contribution < 1.29 is 9.53 Å². The van der Waals surface area contributed by atoms with E-state index in [0.717, 1.165) is 42.7 Å². The van der Waals surface area contributed by atoms with Gasteiger partial charge >= 0.3 is 0 Å². The quantitative estimate of drug-likeness (QED) is 0.220. The highest BCUT2D eigenvalue weighted by Gasteiger charge is 2.15. The van der Waals surface area contributed by atoms with Crippen molar-refractivity contribution in [3.05, 3.63) is 90.0 Å². The number of benzene rings is 2. The van der Waals surface area contributed by atoms with Gasteiger partial charge in [0.2, 0.25) is 5.91 Å². The Labute approximate surface area is 238 Å². The maximum atomic E-state index is 12.2. The molecule has 1 aliphatic rings. The summed E-state index contributed by atoms with van der Waals surface area (Å²) in [5.41, 5.74) is 3.50. The van der Waals surface area contributed by atoms with Crippen molar-refractivity contribution in [3.63, 3.8) is 0 Å². The fourth-order valence-electron chi connectivity index (χ4n) is 4.39. The number of aromatic nitrogens is 3. The van der Waals surface area contributed by atoms with Crippen LogP contribution in [0.15, 0.2) is 73.7 Å². The third kappa shape index (κ3) is 6.75. The third-order valence-corrected chi connectivity index (χ3v) is 6.94.